The van der Waals surface area contributed by atoms with Crippen LogP contribution >= 0.6 is 0 Å². The minimum absolute atomic E-state index is 0.0339. The molecule has 0 bridgehead atoms. The number of para-hydroxylation sites is 1. The van der Waals surface area contributed by atoms with Gasteiger partial charge < -0.3 is 15.4 Å². The maximum Gasteiger partial charge on any atom is 0.238 e. The number of benzene rings is 1. The number of carbonyl (C=O) groups excluding carboxylic acids is 1. The standard InChI is InChI=1S/C15H24N2O2/c1-13(2)8-10-19-11-9-16-12-15(18)17-14-6-4-3-5-7-14/h3-7,13,16H,8-12H2,1-2H3,(H,17,18). The van der Waals surface area contributed by atoms with Gasteiger partial charge in [-0.1, -0.05) is 32.0 Å². The molecule has 1 amide bonds. The van der Waals surface area contributed by atoms with Crippen LogP contribution in [0.3, 0.4) is 0 Å². The van der Waals surface area contributed by atoms with Crippen LogP contribution < -0.4 is 10.6 Å². The molecule has 0 saturated carbocycles. The van der Waals surface area contributed by atoms with E-state index in [1.165, 1.54) is 0 Å². The number of ether oxygens (including phenoxy) is 1. The Kier molecular flexibility index (Phi) is 7.86. The van der Waals surface area contributed by atoms with Gasteiger partial charge in [-0.3, -0.25) is 4.79 Å². The summed E-state index contributed by atoms with van der Waals surface area (Å²) in [6, 6.07) is 9.44. The summed E-state index contributed by atoms with van der Waals surface area (Å²) in [6.45, 7) is 6.79. The summed E-state index contributed by atoms with van der Waals surface area (Å²) < 4.78 is 5.45. The highest BCUT2D eigenvalue weighted by atomic mass is 16.5. The molecular formula is C15H24N2O2. The van der Waals surface area contributed by atoms with E-state index in [-0.39, 0.29) is 5.91 Å². The first-order chi connectivity index (χ1) is 9.18. The van der Waals surface area contributed by atoms with Crippen LogP contribution in [0.4, 0.5) is 5.69 Å². The number of carbonyl (C=O) groups is 1. The molecule has 1 rings (SSSR count). The quantitative estimate of drug-likeness (QED) is 0.673. The maximum absolute atomic E-state index is 11.6. The summed E-state index contributed by atoms with van der Waals surface area (Å²) in [7, 11) is 0. The second-order valence-electron chi connectivity index (χ2n) is 4.89. The summed E-state index contributed by atoms with van der Waals surface area (Å²) in [5, 5.41) is 5.87. The number of anilines is 1. The van der Waals surface area contributed by atoms with Gasteiger partial charge >= 0.3 is 0 Å². The average Bonchev–Trinajstić information content (AvgIpc) is 2.38. The van der Waals surface area contributed by atoms with Crippen LogP contribution in [0.15, 0.2) is 30.3 Å². The molecule has 106 valence electrons. The van der Waals surface area contributed by atoms with Gasteiger partial charge in [0.15, 0.2) is 0 Å². The van der Waals surface area contributed by atoms with E-state index in [0.29, 0.717) is 25.6 Å². The van der Waals surface area contributed by atoms with Crippen molar-refractivity contribution < 1.29 is 9.53 Å². The lowest BCUT2D eigenvalue weighted by Crippen LogP contribution is -2.30. The van der Waals surface area contributed by atoms with E-state index in [9.17, 15) is 4.79 Å². The lowest BCUT2D eigenvalue weighted by atomic mass is 10.1. The Labute approximate surface area is 115 Å². The van der Waals surface area contributed by atoms with Crippen molar-refractivity contribution in [1.29, 1.82) is 0 Å². The van der Waals surface area contributed by atoms with Crippen LogP contribution in [-0.4, -0.2) is 32.2 Å². The molecule has 0 aromatic heterocycles. The van der Waals surface area contributed by atoms with Gasteiger partial charge in [0.25, 0.3) is 0 Å². The van der Waals surface area contributed by atoms with Crippen molar-refractivity contribution in [3.63, 3.8) is 0 Å². The maximum atomic E-state index is 11.6. The van der Waals surface area contributed by atoms with E-state index in [1.54, 1.807) is 0 Å². The number of rotatable bonds is 9. The molecule has 0 spiro atoms. The van der Waals surface area contributed by atoms with Crippen LogP contribution in [0.2, 0.25) is 0 Å². The number of amides is 1. The Morgan fingerprint density at radius 3 is 2.63 bits per heavy atom. The molecule has 0 aliphatic rings. The molecule has 0 aliphatic heterocycles. The molecule has 0 aliphatic carbocycles. The number of hydrogen-bond donors (Lipinski definition) is 2. The highest BCUT2D eigenvalue weighted by molar-refractivity contribution is 5.92. The zero-order valence-corrected chi connectivity index (χ0v) is 11.8. The molecule has 4 nitrogen and oxygen atoms in total. The second-order valence-corrected chi connectivity index (χ2v) is 4.89. The first-order valence-corrected chi connectivity index (χ1v) is 6.82. The van der Waals surface area contributed by atoms with Crippen molar-refractivity contribution in [3.8, 4) is 0 Å². The van der Waals surface area contributed by atoms with E-state index < -0.39 is 0 Å². The minimum Gasteiger partial charge on any atom is -0.380 e. The summed E-state index contributed by atoms with van der Waals surface area (Å²) in [5.74, 6) is 0.637. The first-order valence-electron chi connectivity index (χ1n) is 6.82. The van der Waals surface area contributed by atoms with Crippen LogP contribution in [-0.2, 0) is 9.53 Å². The van der Waals surface area contributed by atoms with E-state index in [1.807, 2.05) is 30.3 Å². The fourth-order valence-corrected chi connectivity index (χ4v) is 1.49. The summed E-state index contributed by atoms with van der Waals surface area (Å²) in [4.78, 5) is 11.6. The van der Waals surface area contributed by atoms with Crippen molar-refractivity contribution >= 4 is 11.6 Å². The van der Waals surface area contributed by atoms with Gasteiger partial charge in [-0.15, -0.1) is 0 Å². The van der Waals surface area contributed by atoms with Gasteiger partial charge in [0.1, 0.15) is 0 Å². The monoisotopic (exact) mass is 264 g/mol. The van der Waals surface area contributed by atoms with Gasteiger partial charge in [0.05, 0.1) is 13.2 Å². The molecule has 0 radical (unpaired) electrons. The number of nitrogens with one attached hydrogen (secondary N) is 2. The zero-order valence-electron chi connectivity index (χ0n) is 11.8. The molecule has 1 aromatic carbocycles. The molecule has 1 aromatic rings. The smallest absolute Gasteiger partial charge is 0.238 e. The third-order valence-corrected chi connectivity index (χ3v) is 2.61. The Morgan fingerprint density at radius 1 is 1.21 bits per heavy atom. The molecule has 2 N–H and O–H groups in total. The molecular weight excluding hydrogens is 240 g/mol. The van der Waals surface area contributed by atoms with Crippen LogP contribution in [0, 0.1) is 5.92 Å². The van der Waals surface area contributed by atoms with Crippen LogP contribution in [0.5, 0.6) is 0 Å². The first kappa shape index (κ1) is 15.7. The second kappa shape index (κ2) is 9.53. The van der Waals surface area contributed by atoms with Crippen molar-refractivity contribution in [2.45, 2.75) is 20.3 Å². The number of hydrogen-bond acceptors (Lipinski definition) is 3. The van der Waals surface area contributed by atoms with Gasteiger partial charge in [-0.2, -0.15) is 0 Å². The Balaban J connectivity index is 1.99. The Morgan fingerprint density at radius 2 is 1.95 bits per heavy atom. The largest absolute Gasteiger partial charge is 0.380 e. The minimum atomic E-state index is -0.0339. The lowest BCUT2D eigenvalue weighted by Gasteiger charge is -2.08. The highest BCUT2D eigenvalue weighted by Crippen LogP contribution is 2.03. The van der Waals surface area contributed by atoms with E-state index in [0.717, 1.165) is 18.7 Å². The fourth-order valence-electron chi connectivity index (χ4n) is 1.49. The molecule has 0 unspecified atom stereocenters. The average molecular weight is 264 g/mol. The predicted molar refractivity (Wildman–Crippen MR) is 78.2 cm³/mol. The molecule has 0 atom stereocenters. The van der Waals surface area contributed by atoms with E-state index in [2.05, 4.69) is 24.5 Å². The van der Waals surface area contributed by atoms with Crippen molar-refractivity contribution in [1.82, 2.24) is 5.32 Å². The Bertz CT molecular complexity index is 352. The highest BCUT2D eigenvalue weighted by Gasteiger charge is 2.00. The topological polar surface area (TPSA) is 50.4 Å². The van der Waals surface area contributed by atoms with Gasteiger partial charge in [-0.05, 0) is 24.5 Å². The van der Waals surface area contributed by atoms with Gasteiger partial charge in [-0.25, -0.2) is 0 Å². The van der Waals surface area contributed by atoms with Crippen LogP contribution in [0.1, 0.15) is 20.3 Å². The van der Waals surface area contributed by atoms with Crippen molar-refractivity contribution in [2.75, 3.05) is 31.6 Å². The zero-order chi connectivity index (χ0) is 13.9. The Hall–Kier alpha value is -1.39. The van der Waals surface area contributed by atoms with Gasteiger partial charge in [0.2, 0.25) is 5.91 Å². The molecule has 0 fully saturated rings. The van der Waals surface area contributed by atoms with Crippen molar-refractivity contribution in [2.24, 2.45) is 5.92 Å². The summed E-state index contributed by atoms with van der Waals surface area (Å²) in [6.07, 6.45) is 1.08. The lowest BCUT2D eigenvalue weighted by molar-refractivity contribution is -0.115. The van der Waals surface area contributed by atoms with Crippen molar-refractivity contribution in [3.05, 3.63) is 30.3 Å². The summed E-state index contributed by atoms with van der Waals surface area (Å²) >= 11 is 0. The normalized spacial score (nSPS) is 10.7. The van der Waals surface area contributed by atoms with Gasteiger partial charge in [0, 0.05) is 18.8 Å². The molecule has 4 heteroatoms. The third-order valence-electron chi connectivity index (χ3n) is 2.61. The predicted octanol–water partition coefficient (Wildman–Crippen LogP) is 2.28. The SMILES string of the molecule is CC(C)CCOCCNCC(=O)Nc1ccccc1. The molecule has 0 heterocycles. The van der Waals surface area contributed by atoms with E-state index >= 15 is 0 Å². The summed E-state index contributed by atoms with van der Waals surface area (Å²) in [5.41, 5.74) is 0.822. The third kappa shape index (κ3) is 8.35. The molecule has 0 saturated heterocycles. The fraction of sp³-hybridized carbons (Fsp3) is 0.533. The molecule has 19 heavy (non-hydrogen) atoms. The van der Waals surface area contributed by atoms with Crippen LogP contribution in [0.25, 0.3) is 0 Å². The van der Waals surface area contributed by atoms with E-state index in [4.69, 9.17) is 4.74 Å².